The molecule has 1 fully saturated rings. The predicted octanol–water partition coefficient (Wildman–Crippen LogP) is 2.43. The van der Waals surface area contributed by atoms with Crippen molar-refractivity contribution in [1.29, 1.82) is 0 Å². The van der Waals surface area contributed by atoms with E-state index in [1.807, 2.05) is 18.7 Å². The minimum absolute atomic E-state index is 0.0608. The second-order valence-corrected chi connectivity index (χ2v) is 8.98. The van der Waals surface area contributed by atoms with Crippen LogP contribution in [0.3, 0.4) is 0 Å². The van der Waals surface area contributed by atoms with Crippen LogP contribution in [0, 0.1) is 30.9 Å². The molecule has 0 amide bonds. The molecular weight excluding hydrogens is 396 g/mol. The van der Waals surface area contributed by atoms with Crippen molar-refractivity contribution >= 4 is 21.5 Å². The zero-order valence-electron chi connectivity index (χ0n) is 16.9. The third-order valence-electron chi connectivity index (χ3n) is 5.18. The molecule has 156 valence electrons. The summed E-state index contributed by atoms with van der Waals surface area (Å²) in [6.45, 7) is 7.00. The highest BCUT2D eigenvalue weighted by atomic mass is 32.2. The first-order valence-corrected chi connectivity index (χ1v) is 10.6. The maximum absolute atomic E-state index is 13.2. The fraction of sp³-hybridized carbons (Fsp3) is 0.421. The highest BCUT2D eigenvalue weighted by molar-refractivity contribution is 7.89. The molecule has 9 nitrogen and oxygen atoms in total. The first-order valence-electron chi connectivity index (χ1n) is 9.16. The summed E-state index contributed by atoms with van der Waals surface area (Å²) in [6.07, 6.45) is 1.23. The second kappa shape index (κ2) is 7.96. The average Bonchev–Trinajstić information content (AvgIpc) is 2.69. The van der Waals surface area contributed by atoms with E-state index < -0.39 is 14.9 Å². The third-order valence-corrected chi connectivity index (χ3v) is 7.10. The molecule has 0 atom stereocenters. The molecule has 2 aromatic rings. The number of piperazine rings is 1. The van der Waals surface area contributed by atoms with E-state index in [0.29, 0.717) is 30.2 Å². The zero-order valence-corrected chi connectivity index (χ0v) is 17.7. The maximum atomic E-state index is 13.2. The van der Waals surface area contributed by atoms with E-state index in [1.54, 1.807) is 19.1 Å². The average molecular weight is 420 g/mol. The molecule has 1 aromatic carbocycles. The molecule has 1 saturated heterocycles. The molecule has 29 heavy (non-hydrogen) atoms. The van der Waals surface area contributed by atoms with Crippen molar-refractivity contribution in [3.8, 4) is 5.75 Å². The van der Waals surface area contributed by atoms with Crippen molar-refractivity contribution in [2.75, 3.05) is 38.2 Å². The Kier molecular flexibility index (Phi) is 5.76. The van der Waals surface area contributed by atoms with E-state index in [1.165, 1.54) is 23.7 Å². The third kappa shape index (κ3) is 4.03. The lowest BCUT2D eigenvalue weighted by Crippen LogP contribution is -2.49. The van der Waals surface area contributed by atoms with Gasteiger partial charge >= 0.3 is 0 Å². The fourth-order valence-electron chi connectivity index (χ4n) is 3.39. The molecule has 1 aliphatic heterocycles. The van der Waals surface area contributed by atoms with Crippen LogP contribution in [0.4, 0.5) is 11.5 Å². The SMILES string of the molecule is COc1cc(C)c(C)cc1S(=O)(=O)N1CCN(c2ncc([N+](=O)[O-])cc2C)CC1. The number of aryl methyl sites for hydroxylation is 3. The van der Waals surface area contributed by atoms with Crippen LogP contribution in [0.5, 0.6) is 5.75 Å². The highest BCUT2D eigenvalue weighted by Gasteiger charge is 2.32. The Morgan fingerprint density at radius 1 is 1.03 bits per heavy atom. The van der Waals surface area contributed by atoms with Crippen LogP contribution in [0.1, 0.15) is 16.7 Å². The molecule has 1 aromatic heterocycles. The van der Waals surface area contributed by atoms with E-state index in [4.69, 9.17) is 4.74 Å². The second-order valence-electron chi connectivity index (χ2n) is 7.07. The van der Waals surface area contributed by atoms with Gasteiger partial charge in [-0.15, -0.1) is 0 Å². The van der Waals surface area contributed by atoms with Gasteiger partial charge in [0.2, 0.25) is 10.0 Å². The van der Waals surface area contributed by atoms with Crippen LogP contribution < -0.4 is 9.64 Å². The number of hydrogen-bond acceptors (Lipinski definition) is 7. The van der Waals surface area contributed by atoms with Gasteiger partial charge < -0.3 is 9.64 Å². The summed E-state index contributed by atoms with van der Waals surface area (Å²) in [5.74, 6) is 0.972. The number of benzene rings is 1. The Balaban J connectivity index is 1.80. The summed E-state index contributed by atoms with van der Waals surface area (Å²) >= 11 is 0. The van der Waals surface area contributed by atoms with Gasteiger partial charge in [0.15, 0.2) is 0 Å². The Bertz CT molecular complexity index is 1050. The Morgan fingerprint density at radius 3 is 2.21 bits per heavy atom. The number of aromatic nitrogens is 1. The van der Waals surface area contributed by atoms with Crippen LogP contribution >= 0.6 is 0 Å². The van der Waals surface area contributed by atoms with Crippen molar-refractivity contribution in [2.24, 2.45) is 0 Å². The molecule has 0 radical (unpaired) electrons. The Labute approximate surface area is 170 Å². The topological polar surface area (TPSA) is 106 Å². The van der Waals surface area contributed by atoms with Gasteiger partial charge in [0.05, 0.1) is 12.0 Å². The smallest absolute Gasteiger partial charge is 0.287 e. The summed E-state index contributed by atoms with van der Waals surface area (Å²) in [6, 6.07) is 4.87. The highest BCUT2D eigenvalue weighted by Crippen LogP contribution is 2.31. The van der Waals surface area contributed by atoms with E-state index in [-0.39, 0.29) is 23.7 Å². The van der Waals surface area contributed by atoms with Crippen molar-refractivity contribution in [3.63, 3.8) is 0 Å². The number of sulfonamides is 1. The summed E-state index contributed by atoms with van der Waals surface area (Å²) in [4.78, 5) is 16.7. The van der Waals surface area contributed by atoms with Crippen molar-refractivity contribution in [1.82, 2.24) is 9.29 Å². The fourth-order valence-corrected chi connectivity index (χ4v) is 5.03. The van der Waals surface area contributed by atoms with Gasteiger partial charge in [0.25, 0.3) is 5.69 Å². The van der Waals surface area contributed by atoms with Gasteiger partial charge in [-0.3, -0.25) is 10.1 Å². The van der Waals surface area contributed by atoms with Crippen LogP contribution in [0.2, 0.25) is 0 Å². The van der Waals surface area contributed by atoms with Crippen molar-refractivity contribution in [2.45, 2.75) is 25.7 Å². The van der Waals surface area contributed by atoms with Gasteiger partial charge in [-0.1, -0.05) is 0 Å². The van der Waals surface area contributed by atoms with Gasteiger partial charge in [-0.05, 0) is 49.6 Å². The summed E-state index contributed by atoms with van der Waals surface area (Å²) in [5, 5.41) is 10.9. The summed E-state index contributed by atoms with van der Waals surface area (Å²) < 4.78 is 33.1. The molecule has 3 rings (SSSR count). The van der Waals surface area contributed by atoms with E-state index in [9.17, 15) is 18.5 Å². The molecule has 1 aliphatic rings. The number of pyridine rings is 1. The minimum Gasteiger partial charge on any atom is -0.495 e. The van der Waals surface area contributed by atoms with Crippen LogP contribution in [0.15, 0.2) is 29.3 Å². The molecule has 0 N–H and O–H groups in total. The van der Waals surface area contributed by atoms with Gasteiger partial charge in [-0.2, -0.15) is 4.31 Å². The van der Waals surface area contributed by atoms with Gasteiger partial charge in [0, 0.05) is 32.2 Å². The number of nitrogens with zero attached hydrogens (tertiary/aromatic N) is 4. The standard InChI is InChI=1S/C19H24N4O5S/c1-13-10-17(28-4)18(11-14(13)2)29(26,27)22-7-5-21(6-8-22)19-15(3)9-16(12-20-19)23(24)25/h9-12H,5-8H2,1-4H3. The Hall–Kier alpha value is -2.72. The monoisotopic (exact) mass is 420 g/mol. The number of hydrogen-bond donors (Lipinski definition) is 0. The molecule has 0 spiro atoms. The Morgan fingerprint density at radius 2 is 1.66 bits per heavy atom. The van der Waals surface area contributed by atoms with Crippen molar-refractivity contribution < 1.29 is 18.1 Å². The molecule has 0 aliphatic carbocycles. The summed E-state index contributed by atoms with van der Waals surface area (Å²) in [7, 11) is -2.24. The lowest BCUT2D eigenvalue weighted by molar-refractivity contribution is -0.385. The lowest BCUT2D eigenvalue weighted by atomic mass is 10.1. The number of rotatable bonds is 5. The van der Waals surface area contributed by atoms with Crippen LogP contribution in [-0.4, -0.2) is 55.9 Å². The molecule has 10 heteroatoms. The molecule has 0 saturated carbocycles. The quantitative estimate of drug-likeness (QED) is 0.540. The van der Waals surface area contributed by atoms with E-state index in [0.717, 1.165) is 11.1 Å². The van der Waals surface area contributed by atoms with Gasteiger partial charge in [-0.25, -0.2) is 13.4 Å². The predicted molar refractivity (Wildman–Crippen MR) is 109 cm³/mol. The molecule has 2 heterocycles. The van der Waals surface area contributed by atoms with Crippen molar-refractivity contribution in [3.05, 3.63) is 51.2 Å². The number of nitro groups is 1. The summed E-state index contributed by atoms with van der Waals surface area (Å²) in [5.41, 5.74) is 2.47. The first-order chi connectivity index (χ1) is 13.6. The first kappa shape index (κ1) is 21.0. The van der Waals surface area contributed by atoms with Crippen LogP contribution in [-0.2, 0) is 10.0 Å². The van der Waals surface area contributed by atoms with E-state index >= 15 is 0 Å². The normalized spacial score (nSPS) is 15.4. The van der Waals surface area contributed by atoms with E-state index in [2.05, 4.69) is 4.98 Å². The van der Waals surface area contributed by atoms with Gasteiger partial charge in [0.1, 0.15) is 22.7 Å². The lowest BCUT2D eigenvalue weighted by Gasteiger charge is -2.35. The molecule has 0 bridgehead atoms. The minimum atomic E-state index is -3.71. The number of methoxy groups -OCH3 is 1. The largest absolute Gasteiger partial charge is 0.495 e. The van der Waals surface area contributed by atoms with Crippen LogP contribution in [0.25, 0.3) is 0 Å². The maximum Gasteiger partial charge on any atom is 0.287 e. The molecule has 0 unspecified atom stereocenters. The number of anilines is 1. The zero-order chi connectivity index (χ0) is 21.3. The number of ether oxygens (including phenoxy) is 1. The molecular formula is C19H24N4O5S.